The zero-order chi connectivity index (χ0) is 16.8. The fourth-order valence-corrected chi connectivity index (χ4v) is 3.07. The van der Waals surface area contributed by atoms with Crippen molar-refractivity contribution in [2.45, 2.75) is 32.0 Å². The van der Waals surface area contributed by atoms with Crippen molar-refractivity contribution in [1.82, 2.24) is 10.2 Å². The number of nitrogens with zero attached hydrogens (tertiary/aromatic N) is 1. The molecule has 0 radical (unpaired) electrons. The van der Waals surface area contributed by atoms with Crippen LogP contribution in [0.15, 0.2) is 53.1 Å². The quantitative estimate of drug-likeness (QED) is 0.886. The first-order valence-electron chi connectivity index (χ1n) is 8.48. The molecule has 0 unspecified atom stereocenters. The van der Waals surface area contributed by atoms with Crippen molar-refractivity contribution in [1.29, 1.82) is 0 Å². The summed E-state index contributed by atoms with van der Waals surface area (Å²) in [5, 5.41) is 3.04. The van der Waals surface area contributed by atoms with E-state index in [1.54, 1.807) is 12.1 Å². The van der Waals surface area contributed by atoms with Gasteiger partial charge in [-0.25, -0.2) is 0 Å². The smallest absolute Gasteiger partial charge is 0.287 e. The first kappa shape index (κ1) is 16.7. The van der Waals surface area contributed by atoms with Crippen LogP contribution >= 0.6 is 0 Å². The first-order valence-corrected chi connectivity index (χ1v) is 8.48. The van der Waals surface area contributed by atoms with E-state index in [0.717, 1.165) is 26.1 Å². The number of hydrogen-bond donors (Lipinski definition) is 1. The van der Waals surface area contributed by atoms with Crippen LogP contribution in [0, 0.1) is 0 Å². The second-order valence-electron chi connectivity index (χ2n) is 6.10. The molecule has 1 fully saturated rings. The molecule has 1 saturated heterocycles. The van der Waals surface area contributed by atoms with Gasteiger partial charge in [0.15, 0.2) is 5.76 Å². The molecule has 1 aromatic heterocycles. The predicted octanol–water partition coefficient (Wildman–Crippen LogP) is 2.69. The zero-order valence-corrected chi connectivity index (χ0v) is 14.0. The minimum atomic E-state index is -0.185. The van der Waals surface area contributed by atoms with E-state index < -0.39 is 0 Å². The zero-order valence-electron chi connectivity index (χ0n) is 14.0. The van der Waals surface area contributed by atoms with Crippen LogP contribution in [0.1, 0.15) is 29.5 Å². The van der Waals surface area contributed by atoms with Crippen molar-refractivity contribution >= 4 is 5.91 Å². The summed E-state index contributed by atoms with van der Waals surface area (Å²) in [6.07, 6.45) is 2.32. The molecule has 2 aromatic rings. The maximum Gasteiger partial charge on any atom is 0.287 e. The maximum absolute atomic E-state index is 12.2. The van der Waals surface area contributed by atoms with Crippen LogP contribution in [0.5, 0.6) is 0 Å². The highest BCUT2D eigenvalue weighted by Crippen LogP contribution is 2.15. The number of ether oxygens (including phenoxy) is 1. The highest BCUT2D eigenvalue weighted by molar-refractivity contribution is 5.91. The number of carbonyl (C=O) groups is 1. The number of hydrogen-bond acceptors (Lipinski definition) is 4. The first-order chi connectivity index (χ1) is 11.8. The van der Waals surface area contributed by atoms with Gasteiger partial charge in [0.05, 0.1) is 25.0 Å². The third-order valence-electron chi connectivity index (χ3n) is 4.38. The Morgan fingerprint density at radius 3 is 2.83 bits per heavy atom. The SMILES string of the molecule is CC[C@H](NC(=O)c1ccco1)[C@@H]1CN(Cc2ccccc2)CCO1. The summed E-state index contributed by atoms with van der Waals surface area (Å²) < 4.78 is 11.1. The second kappa shape index (κ2) is 8.13. The molecule has 2 atom stereocenters. The summed E-state index contributed by atoms with van der Waals surface area (Å²) in [7, 11) is 0. The van der Waals surface area contributed by atoms with Crippen molar-refractivity contribution in [3.05, 3.63) is 60.1 Å². The monoisotopic (exact) mass is 328 g/mol. The fraction of sp³-hybridized carbons (Fsp3) is 0.421. The van der Waals surface area contributed by atoms with Crippen LogP contribution in [-0.4, -0.2) is 42.6 Å². The minimum Gasteiger partial charge on any atom is -0.459 e. The molecule has 3 rings (SSSR count). The Morgan fingerprint density at radius 2 is 2.12 bits per heavy atom. The molecular weight excluding hydrogens is 304 g/mol. The molecule has 0 saturated carbocycles. The van der Waals surface area contributed by atoms with Crippen LogP contribution in [0.3, 0.4) is 0 Å². The third-order valence-corrected chi connectivity index (χ3v) is 4.38. The molecule has 5 nitrogen and oxygen atoms in total. The van der Waals surface area contributed by atoms with Gasteiger partial charge in [0.1, 0.15) is 0 Å². The Balaban J connectivity index is 1.58. The van der Waals surface area contributed by atoms with Gasteiger partial charge in [-0.15, -0.1) is 0 Å². The molecule has 1 aliphatic rings. The summed E-state index contributed by atoms with van der Waals surface area (Å²) in [4.78, 5) is 14.6. The van der Waals surface area contributed by atoms with E-state index in [2.05, 4.69) is 41.4 Å². The number of nitrogens with one attached hydrogen (secondary N) is 1. The topological polar surface area (TPSA) is 54.7 Å². The van der Waals surface area contributed by atoms with Gasteiger partial charge in [0, 0.05) is 19.6 Å². The average Bonchev–Trinajstić information content (AvgIpc) is 3.15. The Bertz CT molecular complexity index is 627. The Labute approximate surface area is 142 Å². The van der Waals surface area contributed by atoms with Gasteiger partial charge >= 0.3 is 0 Å². The van der Waals surface area contributed by atoms with E-state index in [0.29, 0.717) is 12.4 Å². The van der Waals surface area contributed by atoms with Crippen LogP contribution in [-0.2, 0) is 11.3 Å². The second-order valence-corrected chi connectivity index (χ2v) is 6.10. The van der Waals surface area contributed by atoms with Crippen molar-refractivity contribution in [3.63, 3.8) is 0 Å². The molecule has 0 bridgehead atoms. The lowest BCUT2D eigenvalue weighted by atomic mass is 10.1. The van der Waals surface area contributed by atoms with Gasteiger partial charge in [0.2, 0.25) is 0 Å². The van der Waals surface area contributed by atoms with E-state index in [9.17, 15) is 4.79 Å². The summed E-state index contributed by atoms with van der Waals surface area (Å²) in [5.41, 5.74) is 1.30. The number of carbonyl (C=O) groups excluding carboxylic acids is 1. The molecule has 1 aliphatic heterocycles. The van der Waals surface area contributed by atoms with E-state index in [-0.39, 0.29) is 18.1 Å². The summed E-state index contributed by atoms with van der Waals surface area (Å²) in [6.45, 7) is 5.38. The normalized spacial score (nSPS) is 19.8. The molecule has 1 N–H and O–H groups in total. The van der Waals surface area contributed by atoms with Crippen molar-refractivity contribution < 1.29 is 13.9 Å². The lowest BCUT2D eigenvalue weighted by Crippen LogP contribution is -2.53. The maximum atomic E-state index is 12.2. The van der Waals surface area contributed by atoms with Crippen molar-refractivity contribution in [2.75, 3.05) is 19.7 Å². The van der Waals surface area contributed by atoms with Crippen molar-refractivity contribution in [3.8, 4) is 0 Å². The molecule has 0 aliphatic carbocycles. The fourth-order valence-electron chi connectivity index (χ4n) is 3.07. The largest absolute Gasteiger partial charge is 0.459 e. The van der Waals surface area contributed by atoms with Crippen LogP contribution < -0.4 is 5.32 Å². The van der Waals surface area contributed by atoms with Crippen LogP contribution in [0.25, 0.3) is 0 Å². The number of morpholine rings is 1. The number of benzene rings is 1. The third kappa shape index (κ3) is 4.24. The predicted molar refractivity (Wildman–Crippen MR) is 91.7 cm³/mol. The van der Waals surface area contributed by atoms with Gasteiger partial charge in [0.25, 0.3) is 5.91 Å². The molecule has 2 heterocycles. The van der Waals surface area contributed by atoms with E-state index >= 15 is 0 Å². The summed E-state index contributed by atoms with van der Waals surface area (Å²) in [5.74, 6) is 0.154. The Morgan fingerprint density at radius 1 is 1.29 bits per heavy atom. The Hall–Kier alpha value is -2.11. The lowest BCUT2D eigenvalue weighted by molar-refractivity contribution is -0.0484. The van der Waals surface area contributed by atoms with Gasteiger partial charge in [-0.05, 0) is 24.1 Å². The minimum absolute atomic E-state index is 0.00799. The van der Waals surface area contributed by atoms with Gasteiger partial charge in [-0.3, -0.25) is 9.69 Å². The molecule has 1 aromatic carbocycles. The van der Waals surface area contributed by atoms with Gasteiger partial charge in [-0.2, -0.15) is 0 Å². The molecule has 0 spiro atoms. The number of rotatable bonds is 6. The van der Waals surface area contributed by atoms with Gasteiger partial charge < -0.3 is 14.5 Å². The van der Waals surface area contributed by atoms with Crippen LogP contribution in [0.4, 0.5) is 0 Å². The highest BCUT2D eigenvalue weighted by Gasteiger charge is 2.29. The van der Waals surface area contributed by atoms with Gasteiger partial charge in [-0.1, -0.05) is 37.3 Å². The van der Waals surface area contributed by atoms with E-state index in [1.807, 2.05) is 6.07 Å². The summed E-state index contributed by atoms with van der Waals surface area (Å²) >= 11 is 0. The van der Waals surface area contributed by atoms with E-state index in [1.165, 1.54) is 11.8 Å². The van der Waals surface area contributed by atoms with Crippen LogP contribution in [0.2, 0.25) is 0 Å². The molecule has 24 heavy (non-hydrogen) atoms. The molecule has 1 amide bonds. The lowest BCUT2D eigenvalue weighted by Gasteiger charge is -2.37. The number of furan rings is 1. The number of amides is 1. The standard InChI is InChI=1S/C19H24N2O3/c1-2-16(20-19(22)17-9-6-11-23-17)18-14-21(10-12-24-18)13-15-7-4-3-5-8-15/h3-9,11,16,18H,2,10,12-14H2,1H3,(H,20,22)/t16-,18-/m0/s1. The van der Waals surface area contributed by atoms with Crippen molar-refractivity contribution in [2.24, 2.45) is 0 Å². The Kier molecular flexibility index (Phi) is 5.67. The average molecular weight is 328 g/mol. The summed E-state index contributed by atoms with van der Waals surface area (Å²) in [6, 6.07) is 13.8. The van der Waals surface area contributed by atoms with E-state index in [4.69, 9.17) is 9.15 Å². The molecule has 5 heteroatoms. The molecular formula is C19H24N2O3. The molecule has 128 valence electrons. The highest BCUT2D eigenvalue weighted by atomic mass is 16.5.